The summed E-state index contributed by atoms with van der Waals surface area (Å²) in [5.74, 6) is -0.919. The van der Waals surface area contributed by atoms with Crippen molar-refractivity contribution >= 4 is 17.3 Å². The molecule has 1 saturated heterocycles. The second kappa shape index (κ2) is 6.87. The Balaban J connectivity index is 1.83. The van der Waals surface area contributed by atoms with Crippen molar-refractivity contribution in [3.05, 3.63) is 24.0 Å². The Labute approximate surface area is 123 Å². The number of halogens is 1. The molecule has 1 amide bonds. The Hall–Kier alpha value is -1.66. The second-order valence-corrected chi connectivity index (χ2v) is 5.45. The molecule has 0 saturated carbocycles. The van der Waals surface area contributed by atoms with Crippen LogP contribution in [0.2, 0.25) is 0 Å². The van der Waals surface area contributed by atoms with Crippen LogP contribution in [-0.4, -0.2) is 30.8 Å². The summed E-state index contributed by atoms with van der Waals surface area (Å²) in [7, 11) is 0. The van der Waals surface area contributed by atoms with Gasteiger partial charge in [0.1, 0.15) is 12.4 Å². The third kappa shape index (κ3) is 4.68. The van der Waals surface area contributed by atoms with Crippen molar-refractivity contribution < 1.29 is 18.7 Å². The fourth-order valence-corrected chi connectivity index (χ4v) is 2.50. The number of benzene rings is 1. The van der Waals surface area contributed by atoms with Crippen LogP contribution in [0.1, 0.15) is 26.7 Å². The highest BCUT2D eigenvalue weighted by molar-refractivity contribution is 5.92. The monoisotopic (exact) mass is 296 g/mol. The number of anilines is 2. The van der Waals surface area contributed by atoms with Crippen LogP contribution in [0.25, 0.3) is 0 Å². The summed E-state index contributed by atoms with van der Waals surface area (Å²) >= 11 is 0. The van der Waals surface area contributed by atoms with Crippen molar-refractivity contribution in [2.45, 2.75) is 45.0 Å². The first-order chi connectivity index (χ1) is 9.94. The molecular weight excluding hydrogens is 275 g/mol. The maximum absolute atomic E-state index is 13.5. The average molecular weight is 296 g/mol. The molecule has 2 rings (SSSR count). The van der Waals surface area contributed by atoms with Gasteiger partial charge in [0.2, 0.25) is 5.91 Å². The number of hydrogen-bond donors (Lipinski definition) is 2. The van der Waals surface area contributed by atoms with Crippen molar-refractivity contribution in [2.24, 2.45) is 0 Å². The Morgan fingerprint density at radius 2 is 2.10 bits per heavy atom. The molecule has 1 aromatic carbocycles. The lowest BCUT2D eigenvalue weighted by molar-refractivity contribution is -0.131. The van der Waals surface area contributed by atoms with Gasteiger partial charge in [-0.2, -0.15) is 0 Å². The van der Waals surface area contributed by atoms with E-state index in [0.29, 0.717) is 5.69 Å². The Bertz CT molecular complexity index is 500. The van der Waals surface area contributed by atoms with Gasteiger partial charge in [-0.25, -0.2) is 4.39 Å². The fourth-order valence-electron chi connectivity index (χ4n) is 2.50. The van der Waals surface area contributed by atoms with Gasteiger partial charge < -0.3 is 20.5 Å². The highest BCUT2D eigenvalue weighted by Crippen LogP contribution is 2.22. The van der Waals surface area contributed by atoms with Gasteiger partial charge >= 0.3 is 0 Å². The van der Waals surface area contributed by atoms with E-state index in [1.165, 1.54) is 18.2 Å². The molecule has 0 aromatic heterocycles. The first kappa shape index (κ1) is 15.7. The van der Waals surface area contributed by atoms with Crippen LogP contribution < -0.4 is 11.1 Å². The summed E-state index contributed by atoms with van der Waals surface area (Å²) in [5.41, 5.74) is 6.02. The maximum atomic E-state index is 13.5. The molecule has 0 bridgehead atoms. The zero-order valence-electron chi connectivity index (χ0n) is 12.3. The zero-order valence-corrected chi connectivity index (χ0v) is 12.3. The maximum Gasteiger partial charge on any atom is 0.250 e. The molecule has 0 radical (unpaired) electrons. The number of carbonyl (C=O) groups excluding carboxylic acids is 1. The highest BCUT2D eigenvalue weighted by Gasteiger charge is 2.25. The molecule has 5 nitrogen and oxygen atoms in total. The number of nitrogens with one attached hydrogen (secondary N) is 1. The normalized spacial score (nSPS) is 25.6. The Morgan fingerprint density at radius 3 is 2.76 bits per heavy atom. The Kier molecular flexibility index (Phi) is 5.14. The number of rotatable bonds is 4. The predicted octanol–water partition coefficient (Wildman–Crippen LogP) is 2.32. The summed E-state index contributed by atoms with van der Waals surface area (Å²) in [5, 5.41) is 2.46. The van der Waals surface area contributed by atoms with Gasteiger partial charge in [0.05, 0.1) is 24.0 Å². The van der Waals surface area contributed by atoms with Crippen molar-refractivity contribution in [3.63, 3.8) is 0 Å². The minimum atomic E-state index is -0.522. The van der Waals surface area contributed by atoms with Crippen LogP contribution in [0.15, 0.2) is 18.2 Å². The number of nitrogens with two attached hydrogens (primary N) is 1. The van der Waals surface area contributed by atoms with E-state index >= 15 is 0 Å². The van der Waals surface area contributed by atoms with Gasteiger partial charge in [0.15, 0.2) is 0 Å². The second-order valence-electron chi connectivity index (χ2n) is 5.45. The summed E-state index contributed by atoms with van der Waals surface area (Å²) in [4.78, 5) is 11.8. The highest BCUT2D eigenvalue weighted by atomic mass is 19.1. The summed E-state index contributed by atoms with van der Waals surface area (Å²) in [6.45, 7) is 3.85. The van der Waals surface area contributed by atoms with Gasteiger partial charge in [0, 0.05) is 5.69 Å². The van der Waals surface area contributed by atoms with Crippen LogP contribution in [0, 0.1) is 5.82 Å². The van der Waals surface area contributed by atoms with E-state index in [4.69, 9.17) is 15.2 Å². The van der Waals surface area contributed by atoms with Gasteiger partial charge in [-0.15, -0.1) is 0 Å². The number of ether oxygens (including phenoxy) is 2. The van der Waals surface area contributed by atoms with Crippen LogP contribution >= 0.6 is 0 Å². The standard InChI is InChI=1S/C15H21FN2O3/c1-9-5-12(6-10(2)21-9)20-8-15(19)18-14-7-11(17)3-4-13(14)16/h3-4,7,9-10,12H,5-6,8,17H2,1-2H3,(H,18,19). The minimum Gasteiger partial charge on any atom is -0.399 e. The number of hydrogen-bond acceptors (Lipinski definition) is 4. The summed E-state index contributed by atoms with van der Waals surface area (Å²) in [6.07, 6.45) is 1.73. The lowest BCUT2D eigenvalue weighted by Gasteiger charge is -2.31. The number of carbonyl (C=O) groups is 1. The minimum absolute atomic E-state index is 0.0137. The van der Waals surface area contributed by atoms with Crippen LogP contribution in [0.3, 0.4) is 0 Å². The van der Waals surface area contributed by atoms with Crippen molar-refractivity contribution in [1.82, 2.24) is 0 Å². The molecule has 0 spiro atoms. The molecular formula is C15H21FN2O3. The predicted molar refractivity (Wildman–Crippen MR) is 78.4 cm³/mol. The quantitative estimate of drug-likeness (QED) is 0.836. The molecule has 6 heteroatoms. The molecule has 2 atom stereocenters. The molecule has 1 aromatic rings. The molecule has 0 aliphatic carbocycles. The molecule has 3 N–H and O–H groups in total. The molecule has 1 aliphatic rings. The third-order valence-electron chi connectivity index (χ3n) is 3.37. The third-order valence-corrected chi connectivity index (χ3v) is 3.37. The molecule has 21 heavy (non-hydrogen) atoms. The average Bonchev–Trinajstić information content (AvgIpc) is 2.40. The SMILES string of the molecule is CC1CC(OCC(=O)Nc2cc(N)ccc2F)CC(C)O1. The molecule has 116 valence electrons. The fraction of sp³-hybridized carbons (Fsp3) is 0.533. The summed E-state index contributed by atoms with van der Waals surface area (Å²) in [6, 6.07) is 4.03. The van der Waals surface area contributed by atoms with Crippen molar-refractivity contribution in [1.29, 1.82) is 0 Å². The van der Waals surface area contributed by atoms with Gasteiger partial charge in [-0.3, -0.25) is 4.79 Å². The van der Waals surface area contributed by atoms with E-state index in [0.717, 1.165) is 12.8 Å². The smallest absolute Gasteiger partial charge is 0.250 e. The van der Waals surface area contributed by atoms with E-state index in [2.05, 4.69) is 5.32 Å². The van der Waals surface area contributed by atoms with Crippen LogP contribution in [0.4, 0.5) is 15.8 Å². The van der Waals surface area contributed by atoms with Gasteiger partial charge in [-0.1, -0.05) is 0 Å². The van der Waals surface area contributed by atoms with Crippen LogP contribution in [0.5, 0.6) is 0 Å². The van der Waals surface area contributed by atoms with Crippen molar-refractivity contribution in [2.75, 3.05) is 17.7 Å². The van der Waals surface area contributed by atoms with E-state index in [9.17, 15) is 9.18 Å². The Morgan fingerprint density at radius 1 is 1.43 bits per heavy atom. The number of amides is 1. The van der Waals surface area contributed by atoms with E-state index < -0.39 is 11.7 Å². The lowest BCUT2D eigenvalue weighted by atomic mass is 10.0. The lowest BCUT2D eigenvalue weighted by Crippen LogP contribution is -2.35. The van der Waals surface area contributed by atoms with E-state index in [1.807, 2.05) is 13.8 Å². The first-order valence-corrected chi connectivity index (χ1v) is 7.06. The van der Waals surface area contributed by atoms with E-state index in [-0.39, 0.29) is 30.6 Å². The zero-order chi connectivity index (χ0) is 15.4. The largest absolute Gasteiger partial charge is 0.399 e. The topological polar surface area (TPSA) is 73.6 Å². The molecule has 1 fully saturated rings. The molecule has 1 heterocycles. The first-order valence-electron chi connectivity index (χ1n) is 7.06. The van der Waals surface area contributed by atoms with E-state index in [1.54, 1.807) is 0 Å². The molecule has 2 unspecified atom stereocenters. The number of nitrogen functional groups attached to an aromatic ring is 1. The summed E-state index contributed by atoms with van der Waals surface area (Å²) < 4.78 is 24.7. The van der Waals surface area contributed by atoms with Gasteiger partial charge in [-0.05, 0) is 44.9 Å². The van der Waals surface area contributed by atoms with Crippen LogP contribution in [-0.2, 0) is 14.3 Å². The van der Waals surface area contributed by atoms with Crippen molar-refractivity contribution in [3.8, 4) is 0 Å². The van der Waals surface area contributed by atoms with Gasteiger partial charge in [0.25, 0.3) is 0 Å². The molecule has 1 aliphatic heterocycles.